The average Bonchev–Trinajstić information content (AvgIpc) is 2.86. The first kappa shape index (κ1) is 25.5. The van der Waals surface area contributed by atoms with Crippen molar-refractivity contribution >= 4 is 17.1 Å². The van der Waals surface area contributed by atoms with E-state index in [1.807, 2.05) is 12.1 Å². The average molecular weight is 436 g/mol. The third-order valence-corrected chi connectivity index (χ3v) is 5.27. The van der Waals surface area contributed by atoms with Gasteiger partial charge in [-0.1, -0.05) is 69.9 Å². The van der Waals surface area contributed by atoms with Gasteiger partial charge in [-0.15, -0.1) is 0 Å². The lowest BCUT2D eigenvalue weighted by atomic mass is 9.95. The van der Waals surface area contributed by atoms with Crippen LogP contribution in [0.4, 0.5) is 0 Å². The van der Waals surface area contributed by atoms with Crippen molar-refractivity contribution in [2.75, 3.05) is 7.05 Å². The van der Waals surface area contributed by atoms with Crippen molar-refractivity contribution in [3.63, 3.8) is 0 Å². The first-order valence-corrected chi connectivity index (χ1v) is 11.7. The van der Waals surface area contributed by atoms with Gasteiger partial charge in [0.05, 0.1) is 0 Å². The molecule has 1 fully saturated rings. The van der Waals surface area contributed by atoms with Gasteiger partial charge >= 0.3 is 0 Å². The van der Waals surface area contributed by atoms with Crippen LogP contribution in [0.15, 0.2) is 54.7 Å². The van der Waals surface area contributed by atoms with Crippen LogP contribution in [0.1, 0.15) is 68.3 Å². The Labute approximate surface area is 192 Å². The fourth-order valence-corrected chi connectivity index (χ4v) is 3.77. The summed E-state index contributed by atoms with van der Waals surface area (Å²) in [6, 6.07) is 16.5. The summed E-state index contributed by atoms with van der Waals surface area (Å²) in [6.07, 6.45) is 10.1. The van der Waals surface area contributed by atoms with Gasteiger partial charge in [0.2, 0.25) is 5.88 Å². The fourth-order valence-electron chi connectivity index (χ4n) is 3.77. The Morgan fingerprint density at radius 2 is 1.69 bits per heavy atom. The number of benzene rings is 2. The minimum Gasteiger partial charge on any atom is -0.438 e. The normalized spacial score (nSPS) is 13.4. The van der Waals surface area contributed by atoms with E-state index in [4.69, 9.17) is 4.74 Å². The molecule has 0 bridgehead atoms. The molecular formula is C27H37N3O2. The van der Waals surface area contributed by atoms with Gasteiger partial charge in [-0.25, -0.2) is 4.98 Å². The number of rotatable bonds is 6. The van der Waals surface area contributed by atoms with Crippen LogP contribution in [0.25, 0.3) is 10.8 Å². The zero-order valence-electron chi connectivity index (χ0n) is 19.6. The summed E-state index contributed by atoms with van der Waals surface area (Å²) in [4.78, 5) is 15.0. The highest BCUT2D eigenvalue weighted by molar-refractivity contribution is 5.91. The second-order valence-corrected chi connectivity index (χ2v) is 7.84. The molecule has 0 saturated heterocycles. The molecule has 1 heterocycles. The minimum absolute atomic E-state index is 0.485. The number of nitrogens with zero attached hydrogens (tertiary/aromatic N) is 1. The Kier molecular flexibility index (Phi) is 11.4. The lowest BCUT2D eigenvalue weighted by molar-refractivity contribution is 0.112. The van der Waals surface area contributed by atoms with Gasteiger partial charge in [0.1, 0.15) is 5.75 Å². The smallest absolute Gasteiger partial charge is 0.219 e. The van der Waals surface area contributed by atoms with Crippen LogP contribution in [-0.4, -0.2) is 24.4 Å². The summed E-state index contributed by atoms with van der Waals surface area (Å²) < 4.78 is 5.99. The molecular weight excluding hydrogens is 398 g/mol. The summed E-state index contributed by atoms with van der Waals surface area (Å²) in [5.74, 6) is 1.26. The van der Waals surface area contributed by atoms with Crippen molar-refractivity contribution in [3.8, 4) is 11.6 Å². The Balaban J connectivity index is 0.000000671. The Morgan fingerprint density at radius 1 is 1.00 bits per heavy atom. The summed E-state index contributed by atoms with van der Waals surface area (Å²) in [6.45, 7) is 5.12. The molecule has 1 saturated carbocycles. The predicted octanol–water partition coefficient (Wildman–Crippen LogP) is 6.25. The van der Waals surface area contributed by atoms with Crippen molar-refractivity contribution in [1.82, 2.24) is 10.3 Å². The van der Waals surface area contributed by atoms with Gasteiger partial charge in [-0.05, 0) is 43.0 Å². The number of ether oxygens (including phenoxy) is 1. The van der Waals surface area contributed by atoms with E-state index in [1.54, 1.807) is 12.1 Å². The monoisotopic (exact) mass is 435 g/mol. The number of carbonyl (C=O) groups excluding carboxylic acids is 1. The summed E-state index contributed by atoms with van der Waals surface area (Å²) >= 11 is 0. The van der Waals surface area contributed by atoms with E-state index in [-0.39, 0.29) is 0 Å². The summed E-state index contributed by atoms with van der Waals surface area (Å²) in [7, 11) is 1.50. The number of nitrogens with two attached hydrogens (primary N) is 1. The summed E-state index contributed by atoms with van der Waals surface area (Å²) in [5.41, 5.74) is 6.32. The standard InChI is InChI=1S/C23H24N2O2.C3H8.CH5N/c26-16-17-10-13-23(25-14-17)27-22-12-11-18(20-8-4-5-9-21(20)22)15-24-19-6-2-1-3-7-19;1-3-2;1-2/h4-5,8-14,16,19,24H,1-3,6-7,15H2;3H2,1-2H3;2H2,1H3. The zero-order valence-corrected chi connectivity index (χ0v) is 19.6. The predicted molar refractivity (Wildman–Crippen MR) is 133 cm³/mol. The number of hydrogen-bond donors (Lipinski definition) is 2. The number of nitrogens with one attached hydrogen (secondary N) is 1. The zero-order chi connectivity index (χ0) is 23.2. The first-order valence-electron chi connectivity index (χ1n) is 11.7. The maximum Gasteiger partial charge on any atom is 0.219 e. The van der Waals surface area contributed by atoms with Crippen molar-refractivity contribution in [2.45, 2.75) is 65.0 Å². The quantitative estimate of drug-likeness (QED) is 0.447. The van der Waals surface area contributed by atoms with Crippen molar-refractivity contribution in [1.29, 1.82) is 0 Å². The molecule has 1 aliphatic carbocycles. The van der Waals surface area contributed by atoms with Crippen molar-refractivity contribution in [3.05, 3.63) is 65.9 Å². The number of aldehydes is 1. The van der Waals surface area contributed by atoms with E-state index >= 15 is 0 Å². The second-order valence-electron chi connectivity index (χ2n) is 7.84. The van der Waals surface area contributed by atoms with E-state index in [0.717, 1.165) is 24.0 Å². The van der Waals surface area contributed by atoms with E-state index < -0.39 is 0 Å². The molecule has 1 aliphatic rings. The van der Waals surface area contributed by atoms with Crippen LogP contribution in [0, 0.1) is 0 Å². The van der Waals surface area contributed by atoms with Gasteiger partial charge in [0, 0.05) is 35.8 Å². The number of aromatic nitrogens is 1. The van der Waals surface area contributed by atoms with E-state index in [0.29, 0.717) is 17.5 Å². The van der Waals surface area contributed by atoms with E-state index in [1.165, 1.54) is 62.7 Å². The Bertz CT molecular complexity index is 935. The SMILES string of the molecule is CCC.CN.O=Cc1ccc(Oc2ccc(CNC3CCCCC3)c3ccccc23)nc1. The van der Waals surface area contributed by atoms with Gasteiger partial charge in [-0.3, -0.25) is 4.79 Å². The van der Waals surface area contributed by atoms with Crippen molar-refractivity contribution < 1.29 is 9.53 Å². The van der Waals surface area contributed by atoms with Crippen LogP contribution in [0.5, 0.6) is 11.6 Å². The molecule has 4 rings (SSSR count). The molecule has 0 aliphatic heterocycles. The highest BCUT2D eigenvalue weighted by Crippen LogP contribution is 2.31. The number of fused-ring (bicyclic) bond motifs is 1. The maximum absolute atomic E-state index is 10.8. The highest BCUT2D eigenvalue weighted by Gasteiger charge is 2.14. The largest absolute Gasteiger partial charge is 0.438 e. The highest BCUT2D eigenvalue weighted by atomic mass is 16.5. The number of carbonyl (C=O) groups is 1. The summed E-state index contributed by atoms with van der Waals surface area (Å²) in [5, 5.41) is 5.99. The second kappa shape index (κ2) is 14.3. The molecule has 1 aromatic heterocycles. The van der Waals surface area contributed by atoms with Crippen LogP contribution < -0.4 is 15.8 Å². The first-order chi connectivity index (χ1) is 15.7. The van der Waals surface area contributed by atoms with Crippen molar-refractivity contribution in [2.24, 2.45) is 5.73 Å². The maximum atomic E-state index is 10.8. The molecule has 0 radical (unpaired) electrons. The minimum atomic E-state index is 0.485. The van der Waals surface area contributed by atoms with E-state index in [9.17, 15) is 4.79 Å². The Hall–Kier alpha value is -2.76. The topological polar surface area (TPSA) is 77.2 Å². The molecule has 0 spiro atoms. The fraction of sp³-hybridized carbons (Fsp3) is 0.407. The number of hydrogen-bond acceptors (Lipinski definition) is 5. The molecule has 172 valence electrons. The lowest BCUT2D eigenvalue weighted by Crippen LogP contribution is -2.30. The van der Waals surface area contributed by atoms with Crippen LogP contribution in [0.2, 0.25) is 0 Å². The van der Waals surface area contributed by atoms with Gasteiger partial charge in [-0.2, -0.15) is 0 Å². The number of pyridine rings is 1. The van der Waals surface area contributed by atoms with Gasteiger partial charge in [0.15, 0.2) is 6.29 Å². The third kappa shape index (κ3) is 7.43. The molecule has 3 aromatic rings. The lowest BCUT2D eigenvalue weighted by Gasteiger charge is -2.23. The molecule has 5 heteroatoms. The van der Waals surface area contributed by atoms with Crippen LogP contribution in [-0.2, 0) is 6.54 Å². The Morgan fingerprint density at radius 3 is 2.31 bits per heavy atom. The molecule has 0 atom stereocenters. The van der Waals surface area contributed by atoms with Crippen LogP contribution >= 0.6 is 0 Å². The molecule has 3 N–H and O–H groups in total. The molecule has 0 unspecified atom stereocenters. The molecule has 32 heavy (non-hydrogen) atoms. The third-order valence-electron chi connectivity index (χ3n) is 5.27. The molecule has 0 amide bonds. The molecule has 5 nitrogen and oxygen atoms in total. The van der Waals surface area contributed by atoms with Crippen LogP contribution in [0.3, 0.4) is 0 Å². The van der Waals surface area contributed by atoms with E-state index in [2.05, 4.69) is 54.1 Å². The van der Waals surface area contributed by atoms with Gasteiger partial charge in [0.25, 0.3) is 0 Å². The van der Waals surface area contributed by atoms with Gasteiger partial charge < -0.3 is 15.8 Å². The molecule has 2 aromatic carbocycles.